The van der Waals surface area contributed by atoms with Crippen LogP contribution >= 0.6 is 0 Å². The molecule has 1 aromatic rings. The third kappa shape index (κ3) is 4.11. The zero-order valence-electron chi connectivity index (χ0n) is 12.0. The number of anilines is 1. The number of rotatable bonds is 4. The van der Waals surface area contributed by atoms with Crippen molar-refractivity contribution in [3.05, 3.63) is 29.3 Å². The van der Waals surface area contributed by atoms with E-state index >= 15 is 0 Å². The lowest BCUT2D eigenvalue weighted by Gasteiger charge is -2.30. The Morgan fingerprint density at radius 3 is 2.67 bits per heavy atom. The van der Waals surface area contributed by atoms with Crippen LogP contribution in [0, 0.1) is 0 Å². The van der Waals surface area contributed by atoms with Crippen LogP contribution in [0.1, 0.15) is 30.4 Å². The summed E-state index contributed by atoms with van der Waals surface area (Å²) in [5.74, 6) is 0. The second-order valence-electron chi connectivity index (χ2n) is 5.38. The van der Waals surface area contributed by atoms with Crippen LogP contribution in [0.25, 0.3) is 0 Å². The predicted molar refractivity (Wildman–Crippen MR) is 74.2 cm³/mol. The highest BCUT2D eigenvalue weighted by Gasteiger charge is 2.35. The normalized spacial score (nSPS) is 19.6. The molecule has 6 heteroatoms. The van der Waals surface area contributed by atoms with Gasteiger partial charge in [-0.25, -0.2) is 0 Å². The molecule has 0 saturated carbocycles. The topological polar surface area (TPSA) is 32.7 Å². The summed E-state index contributed by atoms with van der Waals surface area (Å²) in [6.45, 7) is 0.703. The molecule has 1 atom stereocenters. The second-order valence-corrected chi connectivity index (χ2v) is 5.38. The lowest BCUT2D eigenvalue weighted by molar-refractivity contribution is -0.137. The van der Waals surface area contributed by atoms with Gasteiger partial charge in [-0.3, -0.25) is 0 Å². The Bertz CT molecular complexity index is 470. The Kier molecular flexibility index (Phi) is 5.11. The molecule has 2 rings (SSSR count). The van der Waals surface area contributed by atoms with E-state index in [1.54, 1.807) is 11.9 Å². The summed E-state index contributed by atoms with van der Waals surface area (Å²) in [6, 6.07) is 3.94. The molecule has 1 fully saturated rings. The summed E-state index contributed by atoms with van der Waals surface area (Å²) >= 11 is 0. The predicted octanol–water partition coefficient (Wildman–Crippen LogP) is 3.20. The van der Waals surface area contributed by atoms with Crippen LogP contribution < -0.4 is 4.90 Å². The number of nitrogens with zero attached hydrogens (tertiary/aromatic N) is 1. The monoisotopic (exact) mass is 303 g/mol. The lowest BCUT2D eigenvalue weighted by atomic mass is 10.1. The Morgan fingerprint density at radius 2 is 2.10 bits per heavy atom. The summed E-state index contributed by atoms with van der Waals surface area (Å²) in [5, 5.41) is 9.02. The number of benzene rings is 1. The Labute approximate surface area is 122 Å². The highest BCUT2D eigenvalue weighted by atomic mass is 19.4. The van der Waals surface area contributed by atoms with Gasteiger partial charge in [-0.1, -0.05) is 6.07 Å². The Hall–Kier alpha value is -1.27. The first-order chi connectivity index (χ1) is 9.91. The molecule has 3 nitrogen and oxygen atoms in total. The zero-order chi connectivity index (χ0) is 15.5. The fraction of sp³-hybridized carbons (Fsp3) is 0.600. The largest absolute Gasteiger partial charge is 0.418 e. The molecular formula is C15H20F3NO2. The minimum Gasteiger partial charge on any atom is -0.392 e. The Morgan fingerprint density at radius 1 is 1.33 bits per heavy atom. The van der Waals surface area contributed by atoms with E-state index in [0.29, 0.717) is 13.2 Å². The van der Waals surface area contributed by atoms with Gasteiger partial charge in [0.25, 0.3) is 0 Å². The van der Waals surface area contributed by atoms with Gasteiger partial charge in [0.1, 0.15) is 0 Å². The highest BCUT2D eigenvalue weighted by molar-refractivity contribution is 5.56. The number of ether oxygens (including phenoxy) is 1. The fourth-order valence-electron chi connectivity index (χ4n) is 2.60. The van der Waals surface area contributed by atoms with Crippen molar-refractivity contribution in [1.29, 1.82) is 0 Å². The van der Waals surface area contributed by atoms with Crippen LogP contribution in [-0.4, -0.2) is 31.4 Å². The third-order valence-electron chi connectivity index (χ3n) is 3.71. The number of likely N-dealkylation sites (N-methyl/N-ethyl adjacent to an activating group) is 1. The molecule has 0 bridgehead atoms. The molecule has 1 aliphatic rings. The van der Waals surface area contributed by atoms with E-state index in [4.69, 9.17) is 9.84 Å². The van der Waals surface area contributed by atoms with Gasteiger partial charge in [-0.15, -0.1) is 0 Å². The number of halogens is 3. The molecule has 0 aromatic heterocycles. The van der Waals surface area contributed by atoms with Crippen LogP contribution in [0.3, 0.4) is 0 Å². The third-order valence-corrected chi connectivity index (χ3v) is 3.71. The summed E-state index contributed by atoms with van der Waals surface area (Å²) < 4.78 is 45.1. The fourth-order valence-corrected chi connectivity index (χ4v) is 2.60. The van der Waals surface area contributed by atoms with Gasteiger partial charge in [-0.05, 0) is 37.0 Å². The molecule has 0 radical (unpaired) electrons. The van der Waals surface area contributed by atoms with Crippen molar-refractivity contribution >= 4 is 5.69 Å². The molecule has 1 aromatic carbocycles. The number of aliphatic hydroxyl groups is 1. The molecule has 0 amide bonds. The van der Waals surface area contributed by atoms with Crippen molar-refractivity contribution in [2.24, 2.45) is 0 Å². The van der Waals surface area contributed by atoms with Crippen LogP contribution in [0.2, 0.25) is 0 Å². The summed E-state index contributed by atoms with van der Waals surface area (Å²) in [4.78, 5) is 1.58. The molecule has 1 aliphatic heterocycles. The smallest absolute Gasteiger partial charge is 0.392 e. The SMILES string of the molecule is CN(CC1CCCCO1)c1ccc(CO)cc1C(F)(F)F. The van der Waals surface area contributed by atoms with Crippen molar-refractivity contribution in [2.75, 3.05) is 25.1 Å². The van der Waals surface area contributed by atoms with Gasteiger partial charge in [-0.2, -0.15) is 13.2 Å². The summed E-state index contributed by atoms with van der Waals surface area (Å²) in [5.41, 5.74) is -0.338. The van der Waals surface area contributed by atoms with E-state index in [1.807, 2.05) is 0 Å². The van der Waals surface area contributed by atoms with Crippen molar-refractivity contribution in [3.8, 4) is 0 Å². The molecule has 0 aliphatic carbocycles. The van der Waals surface area contributed by atoms with Crippen molar-refractivity contribution in [2.45, 2.75) is 38.1 Å². The van der Waals surface area contributed by atoms with Crippen LogP contribution in [-0.2, 0) is 17.5 Å². The summed E-state index contributed by atoms with van der Waals surface area (Å²) in [6.07, 6.45) is -1.53. The van der Waals surface area contributed by atoms with E-state index in [0.717, 1.165) is 25.3 Å². The van der Waals surface area contributed by atoms with E-state index in [2.05, 4.69) is 0 Å². The minimum absolute atomic E-state index is 0.0256. The number of aliphatic hydroxyl groups excluding tert-OH is 1. The molecule has 0 spiro atoms. The van der Waals surface area contributed by atoms with Gasteiger partial charge in [0.05, 0.1) is 18.3 Å². The molecule has 118 valence electrons. The van der Waals surface area contributed by atoms with E-state index in [9.17, 15) is 13.2 Å². The van der Waals surface area contributed by atoms with Crippen LogP contribution in [0.15, 0.2) is 18.2 Å². The average Bonchev–Trinajstić information content (AvgIpc) is 2.46. The maximum atomic E-state index is 13.2. The molecule has 1 unspecified atom stereocenters. The van der Waals surface area contributed by atoms with Gasteiger partial charge < -0.3 is 14.7 Å². The first-order valence-corrected chi connectivity index (χ1v) is 7.05. The van der Waals surface area contributed by atoms with Gasteiger partial charge in [0.2, 0.25) is 0 Å². The maximum Gasteiger partial charge on any atom is 0.418 e. The van der Waals surface area contributed by atoms with Crippen molar-refractivity contribution in [3.63, 3.8) is 0 Å². The minimum atomic E-state index is -4.44. The first-order valence-electron chi connectivity index (χ1n) is 7.05. The summed E-state index contributed by atoms with van der Waals surface area (Å²) in [7, 11) is 1.64. The molecular weight excluding hydrogens is 283 g/mol. The quantitative estimate of drug-likeness (QED) is 0.927. The molecule has 21 heavy (non-hydrogen) atoms. The zero-order valence-corrected chi connectivity index (χ0v) is 12.0. The highest BCUT2D eigenvalue weighted by Crippen LogP contribution is 2.37. The van der Waals surface area contributed by atoms with Crippen LogP contribution in [0.5, 0.6) is 0 Å². The number of hydrogen-bond acceptors (Lipinski definition) is 3. The maximum absolute atomic E-state index is 13.2. The average molecular weight is 303 g/mol. The second kappa shape index (κ2) is 6.66. The number of hydrogen-bond donors (Lipinski definition) is 1. The molecule has 1 saturated heterocycles. The first kappa shape index (κ1) is 16.1. The van der Waals surface area contributed by atoms with E-state index in [1.165, 1.54) is 12.1 Å². The Balaban J connectivity index is 2.20. The van der Waals surface area contributed by atoms with Gasteiger partial charge in [0, 0.05) is 25.9 Å². The van der Waals surface area contributed by atoms with Crippen molar-refractivity contribution in [1.82, 2.24) is 0 Å². The molecule has 1 N–H and O–H groups in total. The standard InChI is InChI=1S/C15H20F3NO2/c1-19(9-12-4-2-3-7-21-12)14-6-5-11(10-20)8-13(14)15(16,17)18/h5-6,8,12,20H,2-4,7,9-10H2,1H3. The van der Waals surface area contributed by atoms with Crippen LogP contribution in [0.4, 0.5) is 18.9 Å². The van der Waals surface area contributed by atoms with E-state index < -0.39 is 18.3 Å². The van der Waals surface area contributed by atoms with Gasteiger partial charge >= 0.3 is 6.18 Å². The van der Waals surface area contributed by atoms with E-state index in [-0.39, 0.29) is 17.4 Å². The van der Waals surface area contributed by atoms with Crippen molar-refractivity contribution < 1.29 is 23.0 Å². The van der Waals surface area contributed by atoms with Gasteiger partial charge in [0.15, 0.2) is 0 Å². The number of alkyl halides is 3. The lowest BCUT2D eigenvalue weighted by Crippen LogP contribution is -2.34. The molecule has 1 heterocycles.